The number of ether oxygens (including phenoxy) is 1. The van der Waals surface area contributed by atoms with Crippen LogP contribution < -0.4 is 4.74 Å². The van der Waals surface area contributed by atoms with E-state index < -0.39 is 0 Å². The predicted molar refractivity (Wildman–Crippen MR) is 63.3 cm³/mol. The molecule has 2 rings (SSSR count). The fraction of sp³-hybridized carbons (Fsp3) is 0.571. The second kappa shape index (κ2) is 3.55. The summed E-state index contributed by atoms with van der Waals surface area (Å²) in [5.41, 5.74) is 1.36. The van der Waals surface area contributed by atoms with Crippen LogP contribution in [0.3, 0.4) is 0 Å². The van der Waals surface area contributed by atoms with Gasteiger partial charge in [0.05, 0.1) is 0 Å². The molecule has 2 atom stereocenters. The maximum Gasteiger partial charge on any atom is 0.120 e. The topological polar surface area (TPSA) is 9.23 Å². The Morgan fingerprint density at radius 3 is 2.07 bits per heavy atom. The van der Waals surface area contributed by atoms with Crippen molar-refractivity contribution < 1.29 is 4.74 Å². The lowest BCUT2D eigenvalue weighted by atomic mass is 10.1. The molecule has 0 saturated heterocycles. The first kappa shape index (κ1) is 10.5. The molecule has 1 fully saturated rings. The van der Waals surface area contributed by atoms with Crippen molar-refractivity contribution in [1.29, 1.82) is 0 Å². The fourth-order valence-electron chi connectivity index (χ4n) is 1.92. The molecule has 0 aliphatic heterocycles. The molecule has 1 heteroatoms. The van der Waals surface area contributed by atoms with Crippen LogP contribution in [0.5, 0.6) is 5.75 Å². The summed E-state index contributed by atoms with van der Waals surface area (Å²) < 4.78 is 5.78. The molecule has 1 aromatic carbocycles. The molecule has 1 aliphatic rings. The number of hydrogen-bond donors (Lipinski definition) is 0. The van der Waals surface area contributed by atoms with E-state index in [1.54, 1.807) is 0 Å². The third kappa shape index (κ3) is 2.74. The van der Waals surface area contributed by atoms with Crippen LogP contribution in [0.1, 0.15) is 45.6 Å². The Bertz CT molecular complexity index is 331. The van der Waals surface area contributed by atoms with Gasteiger partial charge in [-0.25, -0.2) is 0 Å². The van der Waals surface area contributed by atoms with Gasteiger partial charge in [-0.1, -0.05) is 19.1 Å². The summed E-state index contributed by atoms with van der Waals surface area (Å²) in [6.45, 7) is 8.53. The maximum atomic E-state index is 5.78. The summed E-state index contributed by atoms with van der Waals surface area (Å²) in [5.74, 6) is 2.65. The summed E-state index contributed by atoms with van der Waals surface area (Å²) in [4.78, 5) is 0. The third-order valence-electron chi connectivity index (χ3n) is 2.84. The second-order valence-corrected chi connectivity index (χ2v) is 5.60. The summed E-state index contributed by atoms with van der Waals surface area (Å²) in [6, 6.07) is 8.59. The summed E-state index contributed by atoms with van der Waals surface area (Å²) >= 11 is 0. The van der Waals surface area contributed by atoms with Gasteiger partial charge in [0.25, 0.3) is 0 Å². The number of rotatable bonds is 2. The van der Waals surface area contributed by atoms with Crippen LogP contribution in [0.2, 0.25) is 0 Å². The van der Waals surface area contributed by atoms with Crippen LogP contribution in [0, 0.1) is 5.92 Å². The zero-order valence-corrected chi connectivity index (χ0v) is 10.1. The van der Waals surface area contributed by atoms with E-state index in [1.807, 2.05) is 0 Å². The van der Waals surface area contributed by atoms with Crippen LogP contribution in [0.25, 0.3) is 0 Å². The third-order valence-corrected chi connectivity index (χ3v) is 2.84. The molecule has 0 spiro atoms. The van der Waals surface area contributed by atoms with E-state index in [4.69, 9.17) is 4.74 Å². The largest absolute Gasteiger partial charge is 0.488 e. The van der Waals surface area contributed by atoms with Crippen LogP contribution in [-0.4, -0.2) is 5.60 Å². The average Bonchev–Trinajstić information content (AvgIpc) is 2.81. The van der Waals surface area contributed by atoms with Crippen molar-refractivity contribution in [2.75, 3.05) is 0 Å². The lowest BCUT2D eigenvalue weighted by Crippen LogP contribution is -2.22. The molecule has 1 aliphatic carbocycles. The van der Waals surface area contributed by atoms with Gasteiger partial charge in [-0.05, 0) is 56.7 Å². The Morgan fingerprint density at radius 1 is 1.13 bits per heavy atom. The minimum atomic E-state index is -0.103. The van der Waals surface area contributed by atoms with Gasteiger partial charge in [0, 0.05) is 0 Å². The first-order valence-corrected chi connectivity index (χ1v) is 5.75. The number of hydrogen-bond acceptors (Lipinski definition) is 1. The smallest absolute Gasteiger partial charge is 0.120 e. The van der Waals surface area contributed by atoms with Gasteiger partial charge in [0.15, 0.2) is 0 Å². The van der Waals surface area contributed by atoms with Crippen molar-refractivity contribution in [3.05, 3.63) is 29.8 Å². The summed E-state index contributed by atoms with van der Waals surface area (Å²) in [6.07, 6.45) is 1.35. The van der Waals surface area contributed by atoms with E-state index in [1.165, 1.54) is 12.0 Å². The van der Waals surface area contributed by atoms with Gasteiger partial charge < -0.3 is 4.74 Å². The standard InChI is InChI=1S/C14H20O/c1-10-9-13(10)11-5-7-12(8-6-11)15-14(2,3)4/h5-8,10,13H,9H2,1-4H3/t10-,13?/m1/s1. The highest BCUT2D eigenvalue weighted by atomic mass is 16.5. The molecule has 0 radical (unpaired) electrons. The van der Waals surface area contributed by atoms with E-state index >= 15 is 0 Å². The monoisotopic (exact) mass is 204 g/mol. The van der Waals surface area contributed by atoms with Crippen molar-refractivity contribution in [3.8, 4) is 5.75 Å². The Morgan fingerprint density at radius 2 is 1.67 bits per heavy atom. The average molecular weight is 204 g/mol. The van der Waals surface area contributed by atoms with E-state index in [9.17, 15) is 0 Å². The minimum absolute atomic E-state index is 0.103. The first-order valence-electron chi connectivity index (χ1n) is 5.75. The molecule has 0 aromatic heterocycles. The van der Waals surface area contributed by atoms with Gasteiger partial charge in [0.1, 0.15) is 11.4 Å². The Hall–Kier alpha value is -0.980. The quantitative estimate of drug-likeness (QED) is 0.708. The van der Waals surface area contributed by atoms with E-state index in [2.05, 4.69) is 52.0 Å². The lowest BCUT2D eigenvalue weighted by Gasteiger charge is -2.21. The van der Waals surface area contributed by atoms with Gasteiger partial charge in [0.2, 0.25) is 0 Å². The summed E-state index contributed by atoms with van der Waals surface area (Å²) in [5, 5.41) is 0. The van der Waals surface area contributed by atoms with E-state index in [0.29, 0.717) is 0 Å². The van der Waals surface area contributed by atoms with Crippen LogP contribution in [-0.2, 0) is 0 Å². The van der Waals surface area contributed by atoms with E-state index in [0.717, 1.165) is 17.6 Å². The van der Waals surface area contributed by atoms with Gasteiger partial charge >= 0.3 is 0 Å². The highest BCUT2D eigenvalue weighted by Crippen LogP contribution is 2.47. The zero-order chi connectivity index (χ0) is 11.1. The zero-order valence-electron chi connectivity index (χ0n) is 10.1. The molecule has 15 heavy (non-hydrogen) atoms. The van der Waals surface area contributed by atoms with Gasteiger partial charge in [-0.15, -0.1) is 0 Å². The second-order valence-electron chi connectivity index (χ2n) is 5.60. The van der Waals surface area contributed by atoms with Crippen LogP contribution in [0.4, 0.5) is 0 Å². The molecule has 0 heterocycles. The Kier molecular flexibility index (Phi) is 2.49. The molecule has 1 aromatic rings. The molecule has 0 N–H and O–H groups in total. The lowest BCUT2D eigenvalue weighted by molar-refractivity contribution is 0.131. The number of benzene rings is 1. The molecule has 1 unspecified atom stereocenters. The van der Waals surface area contributed by atoms with Crippen molar-refractivity contribution in [3.63, 3.8) is 0 Å². The Labute approximate surface area is 92.5 Å². The molecule has 1 nitrogen and oxygen atoms in total. The SMILES string of the molecule is C[C@@H]1CC1c1ccc(OC(C)(C)C)cc1. The molecular formula is C14H20O. The highest BCUT2D eigenvalue weighted by molar-refractivity contribution is 5.32. The van der Waals surface area contributed by atoms with Crippen molar-refractivity contribution in [1.82, 2.24) is 0 Å². The minimum Gasteiger partial charge on any atom is -0.488 e. The summed E-state index contributed by atoms with van der Waals surface area (Å²) in [7, 11) is 0. The van der Waals surface area contributed by atoms with Crippen LogP contribution >= 0.6 is 0 Å². The maximum absolute atomic E-state index is 5.78. The molecule has 0 amide bonds. The van der Waals surface area contributed by atoms with Crippen LogP contribution in [0.15, 0.2) is 24.3 Å². The molecule has 1 saturated carbocycles. The normalized spacial score (nSPS) is 25.1. The van der Waals surface area contributed by atoms with Gasteiger partial charge in [-0.3, -0.25) is 0 Å². The fourth-order valence-corrected chi connectivity index (χ4v) is 1.92. The molecule has 82 valence electrons. The molecule has 0 bridgehead atoms. The van der Waals surface area contributed by atoms with Crippen molar-refractivity contribution in [2.24, 2.45) is 5.92 Å². The first-order chi connectivity index (χ1) is 6.96. The van der Waals surface area contributed by atoms with E-state index in [-0.39, 0.29) is 5.60 Å². The van der Waals surface area contributed by atoms with Crippen molar-refractivity contribution >= 4 is 0 Å². The predicted octanol–water partition coefficient (Wildman–Crippen LogP) is 3.99. The van der Waals surface area contributed by atoms with Gasteiger partial charge in [-0.2, -0.15) is 0 Å². The molecular weight excluding hydrogens is 184 g/mol. The van der Waals surface area contributed by atoms with Crippen molar-refractivity contribution in [2.45, 2.75) is 45.6 Å². The highest BCUT2D eigenvalue weighted by Gasteiger charge is 2.33. The Balaban J connectivity index is 2.04.